The lowest BCUT2D eigenvalue weighted by Crippen LogP contribution is -2.57. The number of aromatic nitrogens is 2. The number of ether oxygens (including phenoxy) is 1. The number of carbonyl (C=O) groups excluding carboxylic acids is 2. The van der Waals surface area contributed by atoms with Crippen molar-refractivity contribution in [1.82, 2.24) is 14.9 Å². The van der Waals surface area contributed by atoms with Gasteiger partial charge in [0.15, 0.2) is 5.69 Å². The molecule has 3 heterocycles. The molecule has 1 fully saturated rings. The van der Waals surface area contributed by atoms with Crippen LogP contribution in [0.4, 0.5) is 16.2 Å². The summed E-state index contributed by atoms with van der Waals surface area (Å²) in [6.07, 6.45) is 1.64. The maximum Gasteiger partial charge on any atom is 0.411 e. The zero-order valence-electron chi connectivity index (χ0n) is 18.3. The molecule has 11 nitrogen and oxygen atoms in total. The van der Waals surface area contributed by atoms with Crippen molar-refractivity contribution in [2.75, 3.05) is 30.8 Å². The number of aliphatic hydroxyl groups is 1. The summed E-state index contributed by atoms with van der Waals surface area (Å²) >= 11 is 0. The molecule has 4 rings (SSSR count). The maximum atomic E-state index is 13.1. The Kier molecular flexibility index (Phi) is 6.48. The fourth-order valence-electron chi connectivity index (χ4n) is 4.12. The summed E-state index contributed by atoms with van der Waals surface area (Å²) in [5.74, 6) is 0.428. The number of nitrogens with two attached hydrogens (primary N) is 1. The van der Waals surface area contributed by atoms with Crippen molar-refractivity contribution in [3.63, 3.8) is 0 Å². The largest absolute Gasteiger partial charge is 0.453 e. The molecule has 2 aliphatic rings. The van der Waals surface area contributed by atoms with Gasteiger partial charge in [-0.05, 0) is 31.0 Å². The number of nitriles is 1. The summed E-state index contributed by atoms with van der Waals surface area (Å²) in [4.78, 5) is 34.1. The molecule has 1 aromatic carbocycles. The molecule has 174 valence electrons. The summed E-state index contributed by atoms with van der Waals surface area (Å²) in [7, 11) is 1.27. The van der Waals surface area contributed by atoms with Crippen molar-refractivity contribution in [3.8, 4) is 17.3 Å². The van der Waals surface area contributed by atoms with Crippen LogP contribution in [-0.4, -0.2) is 64.3 Å². The molecule has 0 unspecified atom stereocenters. The first-order valence-corrected chi connectivity index (χ1v) is 10.9. The van der Waals surface area contributed by atoms with Crippen LogP contribution in [0, 0.1) is 11.3 Å². The first-order chi connectivity index (χ1) is 15.9. The second-order valence-electron chi connectivity index (χ2n) is 8.32. The second kappa shape index (κ2) is 9.48. The number of amides is 2. The van der Waals surface area contributed by atoms with Gasteiger partial charge in [0.25, 0.3) is 0 Å². The average Bonchev–Trinajstić information content (AvgIpc) is 3.22. The zero-order valence-corrected chi connectivity index (χ0v) is 18.3. The molecule has 2 aliphatic heterocycles. The minimum atomic E-state index is -0.627. The second-order valence-corrected chi connectivity index (χ2v) is 8.32. The van der Waals surface area contributed by atoms with Gasteiger partial charge in [-0.15, -0.1) is 0 Å². The number of hydrogen-bond acceptors (Lipinski definition) is 8. The summed E-state index contributed by atoms with van der Waals surface area (Å²) in [6.45, 7) is 0.613. The topological polar surface area (TPSA) is 169 Å². The highest BCUT2D eigenvalue weighted by atomic mass is 16.5. The lowest BCUT2D eigenvalue weighted by molar-refractivity contribution is -0.142. The number of H-pyrrole nitrogens is 1. The van der Waals surface area contributed by atoms with Gasteiger partial charge in [-0.2, -0.15) is 5.26 Å². The van der Waals surface area contributed by atoms with E-state index in [1.54, 1.807) is 23.1 Å². The van der Waals surface area contributed by atoms with Gasteiger partial charge < -0.3 is 30.8 Å². The van der Waals surface area contributed by atoms with Crippen molar-refractivity contribution in [1.29, 1.82) is 5.26 Å². The van der Waals surface area contributed by atoms with Crippen molar-refractivity contribution in [2.24, 2.45) is 5.73 Å². The molecule has 33 heavy (non-hydrogen) atoms. The van der Waals surface area contributed by atoms with E-state index in [1.165, 1.54) is 7.11 Å². The van der Waals surface area contributed by atoms with Crippen molar-refractivity contribution in [3.05, 3.63) is 29.7 Å². The third-order valence-corrected chi connectivity index (χ3v) is 5.96. The molecule has 11 heteroatoms. The Morgan fingerprint density at radius 2 is 2.09 bits per heavy atom. The first-order valence-electron chi connectivity index (χ1n) is 10.9. The number of β-amino-alcohol motifs (C(OH)–C–C–N with tert-alkyl or cyclic N) is 1. The molecule has 2 atom stereocenters. The van der Waals surface area contributed by atoms with Crippen LogP contribution in [0.3, 0.4) is 0 Å². The lowest BCUT2D eigenvalue weighted by Gasteiger charge is -2.38. The minimum Gasteiger partial charge on any atom is -0.453 e. The molecule has 2 bridgehead atoms. The number of fused-ring (bicyclic) bond motifs is 4. The molecular weight excluding hydrogens is 426 g/mol. The number of imidazole rings is 1. The highest BCUT2D eigenvalue weighted by molar-refractivity contribution is 5.91. The Hall–Kier alpha value is -3.62. The highest BCUT2D eigenvalue weighted by Gasteiger charge is 2.34. The monoisotopic (exact) mass is 453 g/mol. The van der Waals surface area contributed by atoms with Crippen LogP contribution in [0.15, 0.2) is 18.2 Å². The third-order valence-electron chi connectivity index (χ3n) is 5.96. The van der Waals surface area contributed by atoms with E-state index >= 15 is 0 Å². The molecule has 1 aromatic heterocycles. The fraction of sp³-hybridized carbons (Fsp3) is 0.455. The number of carbonyl (C=O) groups is 2. The quantitative estimate of drug-likeness (QED) is 0.457. The normalized spacial score (nSPS) is 20.7. The van der Waals surface area contributed by atoms with Crippen LogP contribution in [0.2, 0.25) is 0 Å². The Balaban J connectivity index is 1.77. The van der Waals surface area contributed by atoms with E-state index in [0.717, 1.165) is 12.8 Å². The van der Waals surface area contributed by atoms with E-state index in [1.807, 2.05) is 0 Å². The smallest absolute Gasteiger partial charge is 0.411 e. The Labute approximate surface area is 190 Å². The number of hydrogen-bond donors (Lipinski definition) is 5. The number of aromatic amines is 1. The van der Waals surface area contributed by atoms with Gasteiger partial charge in [-0.25, -0.2) is 9.78 Å². The summed E-state index contributed by atoms with van der Waals surface area (Å²) in [5.41, 5.74) is 8.62. The molecule has 0 radical (unpaired) electrons. The average molecular weight is 454 g/mol. The summed E-state index contributed by atoms with van der Waals surface area (Å²) in [6, 6.07) is 6.30. The van der Waals surface area contributed by atoms with E-state index in [0.29, 0.717) is 54.4 Å². The van der Waals surface area contributed by atoms with Crippen molar-refractivity contribution < 1.29 is 19.4 Å². The van der Waals surface area contributed by atoms with Gasteiger partial charge in [0, 0.05) is 30.0 Å². The van der Waals surface area contributed by atoms with Crippen molar-refractivity contribution in [2.45, 2.75) is 43.9 Å². The van der Waals surface area contributed by atoms with Crippen LogP contribution >= 0.6 is 0 Å². The van der Waals surface area contributed by atoms with Crippen LogP contribution < -0.4 is 16.4 Å². The van der Waals surface area contributed by atoms with E-state index in [-0.39, 0.29) is 17.6 Å². The number of nitrogens with zero attached hydrogens (tertiary/aromatic N) is 3. The van der Waals surface area contributed by atoms with E-state index < -0.39 is 18.2 Å². The summed E-state index contributed by atoms with van der Waals surface area (Å²) in [5, 5.41) is 25.2. The zero-order chi connectivity index (χ0) is 23.5. The molecule has 2 amide bonds. The van der Waals surface area contributed by atoms with Gasteiger partial charge >= 0.3 is 6.09 Å². The molecule has 1 saturated heterocycles. The number of aliphatic hydroxyl groups excluding tert-OH is 1. The maximum absolute atomic E-state index is 13.1. The fourth-order valence-corrected chi connectivity index (χ4v) is 4.12. The van der Waals surface area contributed by atoms with Gasteiger partial charge in [-0.1, -0.05) is 12.8 Å². The number of nitrogens with one attached hydrogen (secondary N) is 3. The Bertz CT molecular complexity index is 1090. The number of benzene rings is 1. The predicted molar refractivity (Wildman–Crippen MR) is 120 cm³/mol. The number of rotatable bonds is 2. The molecular formula is C22H27N7O4. The van der Waals surface area contributed by atoms with Gasteiger partial charge in [0.05, 0.1) is 24.9 Å². The third kappa shape index (κ3) is 4.76. The van der Waals surface area contributed by atoms with Gasteiger partial charge in [-0.3, -0.25) is 10.1 Å². The first kappa shape index (κ1) is 22.6. The van der Waals surface area contributed by atoms with E-state index in [4.69, 9.17) is 5.73 Å². The molecule has 0 spiro atoms. The van der Waals surface area contributed by atoms with Crippen LogP contribution in [0.1, 0.15) is 43.2 Å². The lowest BCUT2D eigenvalue weighted by atomic mass is 10.00. The predicted octanol–water partition coefficient (Wildman–Crippen LogP) is 1.68. The van der Waals surface area contributed by atoms with Crippen molar-refractivity contribution >= 4 is 23.4 Å². The van der Waals surface area contributed by atoms with E-state index in [9.17, 15) is 20.0 Å². The minimum absolute atomic E-state index is 0.107. The Morgan fingerprint density at radius 3 is 2.79 bits per heavy atom. The summed E-state index contributed by atoms with van der Waals surface area (Å²) < 4.78 is 4.68. The molecule has 0 saturated carbocycles. The molecule has 6 N–H and O–H groups in total. The molecule has 2 aromatic rings. The number of likely N-dealkylation sites (tertiary alicyclic amines) is 1. The number of anilines is 2. The SMILES string of the molecule is COC(=O)Nc1ccc2c(c1)N[C@@H](C(=O)N1CC(O)C1)CCCC[C@H](N)c1nc(C#N)c-2[nH]1. The van der Waals surface area contributed by atoms with Gasteiger partial charge in [0.1, 0.15) is 17.9 Å². The Morgan fingerprint density at radius 1 is 1.33 bits per heavy atom. The number of methoxy groups -OCH3 is 1. The standard InChI is InChI=1S/C22H27N7O4/c1-33-22(32)25-12-6-7-14-17(8-12)26-16(21(31)29-10-13(30)11-29)5-3-2-4-15(24)20-27-18(9-23)19(14)28-20/h6-8,13,15-16,26,30H,2-5,10-11,24H2,1H3,(H,25,32)(H,27,28)/t15-,16+/m0/s1. The van der Waals surface area contributed by atoms with Gasteiger partial charge in [0.2, 0.25) is 5.91 Å². The highest BCUT2D eigenvalue weighted by Crippen LogP contribution is 2.34. The van der Waals surface area contributed by atoms with Crippen LogP contribution in [-0.2, 0) is 9.53 Å². The van der Waals surface area contributed by atoms with Crippen LogP contribution in [0.25, 0.3) is 11.3 Å². The van der Waals surface area contributed by atoms with Crippen LogP contribution in [0.5, 0.6) is 0 Å². The van der Waals surface area contributed by atoms with E-state index in [2.05, 4.69) is 31.4 Å². The molecule has 0 aliphatic carbocycles.